The molecule has 0 saturated heterocycles. The quantitative estimate of drug-likeness (QED) is 0.619. The first-order valence-corrected chi connectivity index (χ1v) is 8.76. The van der Waals surface area contributed by atoms with Crippen molar-refractivity contribution < 1.29 is 13.9 Å². The smallest absolute Gasteiger partial charge is 0.262 e. The van der Waals surface area contributed by atoms with Crippen LogP contribution in [0.15, 0.2) is 78.9 Å². The van der Waals surface area contributed by atoms with E-state index < -0.39 is 0 Å². The van der Waals surface area contributed by atoms with Crippen LogP contribution in [0.3, 0.4) is 0 Å². The van der Waals surface area contributed by atoms with Crippen molar-refractivity contribution in [3.05, 3.63) is 90.2 Å². The van der Waals surface area contributed by atoms with Gasteiger partial charge in [0.1, 0.15) is 11.6 Å². The van der Waals surface area contributed by atoms with E-state index in [1.54, 1.807) is 24.3 Å². The van der Waals surface area contributed by atoms with Gasteiger partial charge in [0.15, 0.2) is 6.61 Å². The highest BCUT2D eigenvalue weighted by Crippen LogP contribution is 2.15. The third-order valence-electron chi connectivity index (χ3n) is 3.96. The van der Waals surface area contributed by atoms with E-state index >= 15 is 0 Å². The summed E-state index contributed by atoms with van der Waals surface area (Å²) in [6, 6.07) is 23.3. The Morgan fingerprint density at radius 1 is 0.852 bits per heavy atom. The third kappa shape index (κ3) is 5.85. The molecule has 1 amide bonds. The molecule has 0 aliphatic heterocycles. The van der Waals surface area contributed by atoms with E-state index in [1.165, 1.54) is 6.07 Å². The highest BCUT2D eigenvalue weighted by atomic mass is 19.1. The van der Waals surface area contributed by atoms with Crippen molar-refractivity contribution in [2.24, 2.45) is 0 Å². The molecule has 0 bridgehead atoms. The van der Waals surface area contributed by atoms with Crippen LogP contribution in [0, 0.1) is 5.82 Å². The number of ether oxygens (including phenoxy) is 1. The summed E-state index contributed by atoms with van der Waals surface area (Å²) in [7, 11) is 0. The van der Waals surface area contributed by atoms with Crippen LogP contribution in [0.2, 0.25) is 0 Å². The van der Waals surface area contributed by atoms with Crippen LogP contribution in [0.5, 0.6) is 5.75 Å². The molecule has 3 rings (SSSR count). The molecule has 138 valence electrons. The third-order valence-corrected chi connectivity index (χ3v) is 3.96. The predicted octanol–water partition coefficient (Wildman–Crippen LogP) is 4.50. The van der Waals surface area contributed by atoms with Crippen molar-refractivity contribution in [1.29, 1.82) is 0 Å². The fourth-order valence-corrected chi connectivity index (χ4v) is 2.58. The molecule has 0 saturated carbocycles. The number of halogens is 1. The maximum atomic E-state index is 13.6. The van der Waals surface area contributed by atoms with Crippen molar-refractivity contribution >= 4 is 17.3 Å². The van der Waals surface area contributed by atoms with Crippen molar-refractivity contribution in [2.45, 2.75) is 6.42 Å². The van der Waals surface area contributed by atoms with E-state index in [1.807, 2.05) is 48.5 Å². The Morgan fingerprint density at radius 3 is 2.26 bits per heavy atom. The average molecular weight is 364 g/mol. The van der Waals surface area contributed by atoms with Gasteiger partial charge in [-0.2, -0.15) is 0 Å². The first-order chi connectivity index (χ1) is 13.2. The predicted molar refractivity (Wildman–Crippen MR) is 106 cm³/mol. The van der Waals surface area contributed by atoms with Crippen LogP contribution in [0.25, 0.3) is 0 Å². The SMILES string of the molecule is O=C(COc1ccccc1)Nc1ccc(NCCc2ccccc2F)cc1. The van der Waals surface area contributed by atoms with E-state index in [4.69, 9.17) is 4.74 Å². The Morgan fingerprint density at radius 2 is 1.52 bits per heavy atom. The number of hydrogen-bond donors (Lipinski definition) is 2. The van der Waals surface area contributed by atoms with Crippen molar-refractivity contribution in [3.8, 4) is 5.75 Å². The Balaban J connectivity index is 1.43. The molecule has 0 aliphatic carbocycles. The maximum absolute atomic E-state index is 13.6. The van der Waals surface area contributed by atoms with E-state index in [-0.39, 0.29) is 18.3 Å². The van der Waals surface area contributed by atoms with Crippen molar-refractivity contribution in [2.75, 3.05) is 23.8 Å². The first-order valence-electron chi connectivity index (χ1n) is 8.76. The monoisotopic (exact) mass is 364 g/mol. The molecule has 0 spiro atoms. The molecule has 0 atom stereocenters. The Kier molecular flexibility index (Phi) is 6.41. The fraction of sp³-hybridized carbons (Fsp3) is 0.136. The van der Waals surface area contributed by atoms with Gasteiger partial charge in [0.05, 0.1) is 0 Å². The number of rotatable bonds is 8. The standard InChI is InChI=1S/C22H21FN2O2/c23-21-9-5-4-6-17(21)14-15-24-18-10-12-19(13-11-18)25-22(26)16-27-20-7-2-1-3-8-20/h1-13,24H,14-16H2,(H,25,26). The first kappa shape index (κ1) is 18.5. The number of carbonyl (C=O) groups is 1. The summed E-state index contributed by atoms with van der Waals surface area (Å²) in [5.74, 6) is 0.247. The number of carbonyl (C=O) groups excluding carboxylic acids is 1. The summed E-state index contributed by atoms with van der Waals surface area (Å²) in [6.45, 7) is 0.574. The number of para-hydroxylation sites is 1. The number of hydrogen-bond acceptors (Lipinski definition) is 3. The number of nitrogens with one attached hydrogen (secondary N) is 2. The second-order valence-corrected chi connectivity index (χ2v) is 6.00. The van der Waals surface area contributed by atoms with Crippen LogP contribution in [-0.2, 0) is 11.2 Å². The molecule has 2 N–H and O–H groups in total. The summed E-state index contributed by atoms with van der Waals surface area (Å²) in [5.41, 5.74) is 2.29. The van der Waals surface area contributed by atoms with Gasteiger partial charge in [0, 0.05) is 17.9 Å². The van der Waals surface area contributed by atoms with Crippen molar-refractivity contribution in [3.63, 3.8) is 0 Å². The van der Waals surface area contributed by atoms with Crippen LogP contribution < -0.4 is 15.4 Å². The molecule has 5 heteroatoms. The topological polar surface area (TPSA) is 50.4 Å². The molecule has 4 nitrogen and oxygen atoms in total. The summed E-state index contributed by atoms with van der Waals surface area (Å²) >= 11 is 0. The van der Waals surface area contributed by atoms with E-state index in [0.717, 1.165) is 5.69 Å². The Hall–Kier alpha value is -3.34. The zero-order valence-corrected chi connectivity index (χ0v) is 14.8. The zero-order chi connectivity index (χ0) is 18.9. The van der Waals surface area contributed by atoms with Gasteiger partial charge in [-0.1, -0.05) is 36.4 Å². The molecule has 0 radical (unpaired) electrons. The molecule has 0 fully saturated rings. The van der Waals surface area contributed by atoms with E-state index in [9.17, 15) is 9.18 Å². The van der Waals surface area contributed by atoms with E-state index in [0.29, 0.717) is 30.0 Å². The van der Waals surface area contributed by atoms with Gasteiger partial charge in [-0.05, 0) is 54.4 Å². The van der Waals surface area contributed by atoms with Gasteiger partial charge in [-0.25, -0.2) is 4.39 Å². The second kappa shape index (κ2) is 9.38. The maximum Gasteiger partial charge on any atom is 0.262 e. The lowest BCUT2D eigenvalue weighted by atomic mass is 10.1. The summed E-state index contributed by atoms with van der Waals surface area (Å²) in [6.07, 6.45) is 0.599. The molecular formula is C22H21FN2O2. The fourth-order valence-electron chi connectivity index (χ4n) is 2.58. The average Bonchev–Trinajstić information content (AvgIpc) is 2.70. The van der Waals surface area contributed by atoms with Gasteiger partial charge >= 0.3 is 0 Å². The van der Waals surface area contributed by atoms with Gasteiger partial charge in [0.25, 0.3) is 5.91 Å². The minimum atomic E-state index is -0.223. The van der Waals surface area contributed by atoms with Gasteiger partial charge in [-0.15, -0.1) is 0 Å². The van der Waals surface area contributed by atoms with Gasteiger partial charge in [0.2, 0.25) is 0 Å². The lowest BCUT2D eigenvalue weighted by Crippen LogP contribution is -2.20. The molecule has 0 heterocycles. The zero-order valence-electron chi connectivity index (χ0n) is 14.8. The summed E-state index contributed by atoms with van der Waals surface area (Å²) in [4.78, 5) is 11.9. The Bertz CT molecular complexity index is 867. The number of amides is 1. The minimum Gasteiger partial charge on any atom is -0.484 e. The Labute approximate surface area is 158 Å². The molecule has 27 heavy (non-hydrogen) atoms. The highest BCUT2D eigenvalue weighted by molar-refractivity contribution is 5.92. The lowest BCUT2D eigenvalue weighted by Gasteiger charge is -2.10. The van der Waals surface area contributed by atoms with Crippen LogP contribution >= 0.6 is 0 Å². The van der Waals surface area contributed by atoms with Crippen LogP contribution in [0.1, 0.15) is 5.56 Å². The molecule has 0 unspecified atom stereocenters. The lowest BCUT2D eigenvalue weighted by molar-refractivity contribution is -0.118. The van der Waals surface area contributed by atoms with Crippen LogP contribution in [0.4, 0.5) is 15.8 Å². The minimum absolute atomic E-state index is 0.0490. The van der Waals surface area contributed by atoms with Gasteiger partial charge < -0.3 is 15.4 Å². The van der Waals surface area contributed by atoms with E-state index in [2.05, 4.69) is 10.6 Å². The second-order valence-electron chi connectivity index (χ2n) is 6.00. The molecule has 3 aromatic carbocycles. The summed E-state index contributed by atoms with van der Waals surface area (Å²) in [5, 5.41) is 6.03. The molecular weight excluding hydrogens is 343 g/mol. The highest BCUT2D eigenvalue weighted by Gasteiger charge is 2.04. The molecule has 0 aliphatic rings. The normalized spacial score (nSPS) is 10.3. The van der Waals surface area contributed by atoms with Crippen molar-refractivity contribution in [1.82, 2.24) is 0 Å². The number of anilines is 2. The molecule has 0 aromatic heterocycles. The largest absolute Gasteiger partial charge is 0.484 e. The number of benzene rings is 3. The molecule has 3 aromatic rings. The van der Waals surface area contributed by atoms with Gasteiger partial charge in [-0.3, -0.25) is 4.79 Å². The van der Waals surface area contributed by atoms with Crippen LogP contribution in [-0.4, -0.2) is 19.1 Å². The summed E-state index contributed by atoms with van der Waals surface area (Å²) < 4.78 is 19.0.